The molecule has 3 aliphatic rings. The zero-order valence-electron chi connectivity index (χ0n) is 10.4. The number of fused-ring (bicyclic) bond motifs is 2. The lowest BCUT2D eigenvalue weighted by Crippen LogP contribution is -2.49. The lowest BCUT2D eigenvalue weighted by atomic mass is 9.89. The third-order valence-electron chi connectivity index (χ3n) is 5.30. The molecule has 4 atom stereocenters. The van der Waals surface area contributed by atoms with Gasteiger partial charge >= 0.3 is 0 Å². The molecule has 2 bridgehead atoms. The van der Waals surface area contributed by atoms with E-state index in [2.05, 4.69) is 4.90 Å². The van der Waals surface area contributed by atoms with Gasteiger partial charge in [-0.1, -0.05) is 12.8 Å². The van der Waals surface area contributed by atoms with Crippen LogP contribution in [-0.2, 0) is 0 Å². The van der Waals surface area contributed by atoms with Gasteiger partial charge in [-0.15, -0.1) is 0 Å². The van der Waals surface area contributed by atoms with Crippen molar-refractivity contribution in [3.63, 3.8) is 0 Å². The second-order valence-electron chi connectivity index (χ2n) is 6.21. The Labute approximate surface area is 99.6 Å². The second-order valence-corrected chi connectivity index (χ2v) is 6.21. The van der Waals surface area contributed by atoms with E-state index in [4.69, 9.17) is 5.73 Å². The highest BCUT2D eigenvalue weighted by Gasteiger charge is 2.44. The maximum absolute atomic E-state index is 5.77. The Hall–Kier alpha value is -0.0800. The zero-order valence-corrected chi connectivity index (χ0v) is 10.4. The largest absolute Gasteiger partial charge is 0.330 e. The van der Waals surface area contributed by atoms with E-state index in [1.54, 1.807) is 0 Å². The molecule has 3 rings (SSSR count). The number of hydrogen-bond acceptors (Lipinski definition) is 2. The van der Waals surface area contributed by atoms with Gasteiger partial charge < -0.3 is 5.73 Å². The van der Waals surface area contributed by atoms with E-state index in [1.807, 2.05) is 0 Å². The van der Waals surface area contributed by atoms with Crippen molar-refractivity contribution in [3.8, 4) is 0 Å². The van der Waals surface area contributed by atoms with Crippen molar-refractivity contribution in [2.45, 2.75) is 63.5 Å². The first-order valence-corrected chi connectivity index (χ1v) is 7.34. The molecule has 2 saturated carbocycles. The molecule has 0 spiro atoms. The maximum Gasteiger partial charge on any atom is 0.0129 e. The SMILES string of the molecule is NCCC1CCCCN1C1CC2CCC1C2. The van der Waals surface area contributed by atoms with Crippen LogP contribution in [-0.4, -0.2) is 30.1 Å². The summed E-state index contributed by atoms with van der Waals surface area (Å²) in [7, 11) is 0. The molecule has 1 saturated heterocycles. The zero-order chi connectivity index (χ0) is 11.0. The van der Waals surface area contributed by atoms with Gasteiger partial charge in [-0.2, -0.15) is 0 Å². The van der Waals surface area contributed by atoms with Crippen LogP contribution in [0.4, 0.5) is 0 Å². The van der Waals surface area contributed by atoms with Crippen LogP contribution >= 0.6 is 0 Å². The van der Waals surface area contributed by atoms with Crippen molar-refractivity contribution in [1.82, 2.24) is 4.90 Å². The molecular formula is C14H26N2. The van der Waals surface area contributed by atoms with Gasteiger partial charge in [0.15, 0.2) is 0 Å². The van der Waals surface area contributed by atoms with Gasteiger partial charge in [0.05, 0.1) is 0 Å². The molecular weight excluding hydrogens is 196 g/mol. The lowest BCUT2D eigenvalue weighted by Gasteiger charge is -2.43. The summed E-state index contributed by atoms with van der Waals surface area (Å²) in [6, 6.07) is 1.76. The van der Waals surface area contributed by atoms with Crippen molar-refractivity contribution in [3.05, 3.63) is 0 Å². The van der Waals surface area contributed by atoms with Crippen LogP contribution < -0.4 is 5.73 Å². The van der Waals surface area contributed by atoms with E-state index in [0.29, 0.717) is 0 Å². The first-order valence-electron chi connectivity index (χ1n) is 7.34. The predicted molar refractivity (Wildman–Crippen MR) is 67.3 cm³/mol. The quantitative estimate of drug-likeness (QED) is 0.794. The molecule has 2 heteroatoms. The van der Waals surface area contributed by atoms with E-state index >= 15 is 0 Å². The smallest absolute Gasteiger partial charge is 0.0129 e. The maximum atomic E-state index is 5.77. The number of nitrogens with zero attached hydrogens (tertiary/aromatic N) is 1. The molecule has 1 aliphatic heterocycles. The molecule has 0 radical (unpaired) electrons. The highest BCUT2D eigenvalue weighted by molar-refractivity contribution is 4.97. The molecule has 16 heavy (non-hydrogen) atoms. The molecule has 2 aliphatic carbocycles. The molecule has 0 aromatic rings. The van der Waals surface area contributed by atoms with Crippen molar-refractivity contribution in [1.29, 1.82) is 0 Å². The van der Waals surface area contributed by atoms with E-state index in [9.17, 15) is 0 Å². The van der Waals surface area contributed by atoms with Crippen LogP contribution in [0.15, 0.2) is 0 Å². The molecule has 2 N–H and O–H groups in total. The molecule has 0 amide bonds. The van der Waals surface area contributed by atoms with Crippen molar-refractivity contribution < 1.29 is 0 Å². The van der Waals surface area contributed by atoms with Gasteiger partial charge in [0.1, 0.15) is 0 Å². The Morgan fingerprint density at radius 2 is 2.00 bits per heavy atom. The van der Waals surface area contributed by atoms with Crippen LogP contribution in [0.2, 0.25) is 0 Å². The third-order valence-corrected chi connectivity index (χ3v) is 5.30. The van der Waals surface area contributed by atoms with Gasteiger partial charge in [-0.3, -0.25) is 4.90 Å². The summed E-state index contributed by atoms with van der Waals surface area (Å²) in [6.45, 7) is 2.24. The van der Waals surface area contributed by atoms with Gasteiger partial charge in [-0.05, 0) is 63.5 Å². The summed E-state index contributed by atoms with van der Waals surface area (Å²) in [6.07, 6.45) is 11.6. The second kappa shape index (κ2) is 4.66. The van der Waals surface area contributed by atoms with E-state index in [1.165, 1.54) is 57.9 Å². The van der Waals surface area contributed by atoms with Gasteiger partial charge in [0.2, 0.25) is 0 Å². The van der Waals surface area contributed by atoms with Crippen LogP contribution in [0.1, 0.15) is 51.4 Å². The molecule has 92 valence electrons. The van der Waals surface area contributed by atoms with E-state index in [-0.39, 0.29) is 0 Å². The minimum atomic E-state index is 0.822. The van der Waals surface area contributed by atoms with Gasteiger partial charge in [0, 0.05) is 12.1 Å². The fourth-order valence-corrected chi connectivity index (χ4v) is 4.58. The molecule has 2 nitrogen and oxygen atoms in total. The minimum absolute atomic E-state index is 0.822. The highest BCUT2D eigenvalue weighted by atomic mass is 15.2. The van der Waals surface area contributed by atoms with Crippen LogP contribution in [0.3, 0.4) is 0 Å². The Bertz CT molecular complexity index is 239. The number of piperidine rings is 1. The fourth-order valence-electron chi connectivity index (χ4n) is 4.58. The van der Waals surface area contributed by atoms with Gasteiger partial charge in [-0.25, -0.2) is 0 Å². The monoisotopic (exact) mass is 222 g/mol. The third kappa shape index (κ3) is 1.91. The predicted octanol–water partition coefficient (Wildman–Crippen LogP) is 2.38. The summed E-state index contributed by atoms with van der Waals surface area (Å²) in [5.41, 5.74) is 5.77. The minimum Gasteiger partial charge on any atom is -0.330 e. The highest BCUT2D eigenvalue weighted by Crippen LogP contribution is 2.47. The van der Waals surface area contributed by atoms with Crippen LogP contribution in [0, 0.1) is 11.8 Å². The molecule has 0 aromatic carbocycles. The summed E-state index contributed by atoms with van der Waals surface area (Å²) in [5.74, 6) is 2.12. The molecule has 0 aromatic heterocycles. The number of rotatable bonds is 3. The summed E-state index contributed by atoms with van der Waals surface area (Å²) in [5, 5.41) is 0. The standard InChI is InChI=1S/C14H26N2/c15-7-6-13-3-1-2-8-16(13)14-10-11-4-5-12(14)9-11/h11-14H,1-10,15H2. The summed E-state index contributed by atoms with van der Waals surface area (Å²) < 4.78 is 0. The molecule has 3 fully saturated rings. The Morgan fingerprint density at radius 3 is 2.69 bits per heavy atom. The summed E-state index contributed by atoms with van der Waals surface area (Å²) in [4.78, 5) is 2.86. The normalized spacial score (nSPS) is 44.1. The topological polar surface area (TPSA) is 29.3 Å². The van der Waals surface area contributed by atoms with Crippen LogP contribution in [0.5, 0.6) is 0 Å². The number of hydrogen-bond donors (Lipinski definition) is 1. The van der Waals surface area contributed by atoms with Crippen molar-refractivity contribution in [2.75, 3.05) is 13.1 Å². The van der Waals surface area contributed by atoms with Crippen LogP contribution in [0.25, 0.3) is 0 Å². The Morgan fingerprint density at radius 1 is 1.06 bits per heavy atom. The first-order chi connectivity index (χ1) is 7.88. The average Bonchev–Trinajstić information content (AvgIpc) is 2.92. The number of nitrogens with two attached hydrogens (primary N) is 1. The molecule has 4 unspecified atom stereocenters. The molecule has 1 heterocycles. The summed E-state index contributed by atoms with van der Waals surface area (Å²) >= 11 is 0. The van der Waals surface area contributed by atoms with Gasteiger partial charge in [0.25, 0.3) is 0 Å². The first kappa shape index (κ1) is 11.0. The Balaban J connectivity index is 1.66. The number of likely N-dealkylation sites (tertiary alicyclic amines) is 1. The van der Waals surface area contributed by atoms with Crippen molar-refractivity contribution >= 4 is 0 Å². The Kier molecular flexibility index (Phi) is 3.21. The lowest BCUT2D eigenvalue weighted by molar-refractivity contribution is 0.0599. The fraction of sp³-hybridized carbons (Fsp3) is 1.00. The van der Waals surface area contributed by atoms with E-state index < -0.39 is 0 Å². The van der Waals surface area contributed by atoms with E-state index in [0.717, 1.165) is 30.5 Å². The van der Waals surface area contributed by atoms with Crippen molar-refractivity contribution in [2.24, 2.45) is 17.6 Å². The average molecular weight is 222 g/mol.